The van der Waals surface area contributed by atoms with E-state index in [4.69, 9.17) is 9.52 Å². The standard InChI is InChI=1S/C14H14BrNO4/c1-7-3-9-6-11(20-13(9)10(15)4-7)14(19)16-8(2)5-12(17)18/h3-4,6,8H,5H2,1-2H3,(H,16,19)(H,17,18). The Kier molecular flexibility index (Phi) is 4.13. The van der Waals surface area contributed by atoms with Crippen LogP contribution in [0.1, 0.15) is 29.5 Å². The first-order chi connectivity index (χ1) is 9.36. The number of carboxylic acids is 1. The second-order valence-corrected chi connectivity index (χ2v) is 5.60. The van der Waals surface area contributed by atoms with E-state index in [0.717, 1.165) is 15.4 Å². The first-order valence-electron chi connectivity index (χ1n) is 6.09. The van der Waals surface area contributed by atoms with Crippen LogP contribution in [0.4, 0.5) is 0 Å². The van der Waals surface area contributed by atoms with Gasteiger partial charge in [-0.3, -0.25) is 9.59 Å². The van der Waals surface area contributed by atoms with Crippen LogP contribution in [0.2, 0.25) is 0 Å². The third-order valence-electron chi connectivity index (χ3n) is 2.80. The highest BCUT2D eigenvalue weighted by molar-refractivity contribution is 9.10. The molecule has 1 heterocycles. The second kappa shape index (κ2) is 5.66. The topological polar surface area (TPSA) is 79.5 Å². The molecule has 1 atom stereocenters. The van der Waals surface area contributed by atoms with Gasteiger partial charge in [-0.2, -0.15) is 0 Å². The minimum atomic E-state index is -0.958. The highest BCUT2D eigenvalue weighted by Gasteiger charge is 2.17. The summed E-state index contributed by atoms with van der Waals surface area (Å²) in [5.41, 5.74) is 1.66. The van der Waals surface area contributed by atoms with Gasteiger partial charge in [-0.25, -0.2) is 0 Å². The van der Waals surface area contributed by atoms with Crippen molar-refractivity contribution >= 4 is 38.8 Å². The molecule has 106 valence electrons. The summed E-state index contributed by atoms with van der Waals surface area (Å²) in [6, 6.07) is 5.01. The van der Waals surface area contributed by atoms with Crippen LogP contribution in [0.25, 0.3) is 11.0 Å². The number of furan rings is 1. The maximum Gasteiger partial charge on any atom is 0.305 e. The number of carbonyl (C=O) groups excluding carboxylic acids is 1. The summed E-state index contributed by atoms with van der Waals surface area (Å²) < 4.78 is 6.30. The maximum absolute atomic E-state index is 12.0. The van der Waals surface area contributed by atoms with Gasteiger partial charge in [-0.05, 0) is 53.5 Å². The number of hydrogen-bond donors (Lipinski definition) is 2. The Hall–Kier alpha value is -1.82. The second-order valence-electron chi connectivity index (χ2n) is 4.75. The molecule has 1 unspecified atom stereocenters. The Morgan fingerprint density at radius 3 is 2.75 bits per heavy atom. The van der Waals surface area contributed by atoms with Gasteiger partial charge in [-0.1, -0.05) is 0 Å². The molecule has 2 rings (SSSR count). The van der Waals surface area contributed by atoms with Crippen molar-refractivity contribution in [2.24, 2.45) is 0 Å². The summed E-state index contributed by atoms with van der Waals surface area (Å²) >= 11 is 3.39. The zero-order chi connectivity index (χ0) is 14.9. The van der Waals surface area contributed by atoms with Gasteiger partial charge in [0.05, 0.1) is 10.9 Å². The molecule has 20 heavy (non-hydrogen) atoms. The lowest BCUT2D eigenvalue weighted by Crippen LogP contribution is -2.33. The van der Waals surface area contributed by atoms with E-state index in [0.29, 0.717) is 5.58 Å². The molecule has 2 N–H and O–H groups in total. The van der Waals surface area contributed by atoms with Crippen LogP contribution in [0, 0.1) is 6.92 Å². The van der Waals surface area contributed by atoms with Crippen molar-refractivity contribution in [3.8, 4) is 0 Å². The van der Waals surface area contributed by atoms with E-state index < -0.39 is 17.9 Å². The molecule has 0 radical (unpaired) electrons. The number of fused-ring (bicyclic) bond motifs is 1. The first kappa shape index (κ1) is 14.6. The van der Waals surface area contributed by atoms with Crippen LogP contribution in [0.15, 0.2) is 27.1 Å². The predicted molar refractivity (Wildman–Crippen MR) is 77.8 cm³/mol. The summed E-state index contributed by atoms with van der Waals surface area (Å²) in [6.45, 7) is 3.58. The van der Waals surface area contributed by atoms with E-state index >= 15 is 0 Å². The highest BCUT2D eigenvalue weighted by Crippen LogP contribution is 2.28. The highest BCUT2D eigenvalue weighted by atomic mass is 79.9. The monoisotopic (exact) mass is 339 g/mol. The summed E-state index contributed by atoms with van der Waals surface area (Å²) in [5, 5.41) is 12.1. The molecule has 0 saturated heterocycles. The number of nitrogens with one attached hydrogen (secondary N) is 1. The molecule has 1 amide bonds. The fraction of sp³-hybridized carbons (Fsp3) is 0.286. The van der Waals surface area contributed by atoms with Crippen LogP contribution < -0.4 is 5.32 Å². The fourth-order valence-corrected chi connectivity index (χ4v) is 2.64. The molecule has 1 aromatic heterocycles. The van der Waals surface area contributed by atoms with Crippen molar-refractivity contribution in [3.05, 3.63) is 34.0 Å². The molecule has 1 aromatic carbocycles. The molecule has 0 saturated carbocycles. The summed E-state index contributed by atoms with van der Waals surface area (Å²) in [4.78, 5) is 22.6. The van der Waals surface area contributed by atoms with Gasteiger partial charge in [0.1, 0.15) is 5.58 Å². The molecule has 0 bridgehead atoms. The molecule has 0 fully saturated rings. The Morgan fingerprint density at radius 1 is 1.40 bits per heavy atom. The summed E-state index contributed by atoms with van der Waals surface area (Å²) in [5.74, 6) is -1.20. The Balaban J connectivity index is 2.23. The molecule has 0 aliphatic heterocycles. The van der Waals surface area contributed by atoms with Crippen molar-refractivity contribution in [2.45, 2.75) is 26.3 Å². The van der Waals surface area contributed by atoms with Crippen LogP contribution in [0.3, 0.4) is 0 Å². The third kappa shape index (κ3) is 3.19. The van der Waals surface area contributed by atoms with E-state index in [-0.39, 0.29) is 12.2 Å². The van der Waals surface area contributed by atoms with E-state index in [1.807, 2.05) is 19.1 Å². The number of aryl methyl sites for hydroxylation is 1. The first-order valence-corrected chi connectivity index (χ1v) is 6.88. The average molecular weight is 340 g/mol. The molecule has 0 spiro atoms. The molecule has 0 aliphatic rings. The van der Waals surface area contributed by atoms with Crippen molar-refractivity contribution < 1.29 is 19.1 Å². The van der Waals surface area contributed by atoms with Crippen LogP contribution >= 0.6 is 15.9 Å². The summed E-state index contributed by atoms with van der Waals surface area (Å²) in [6.07, 6.45) is -0.130. The van der Waals surface area contributed by atoms with Gasteiger partial charge < -0.3 is 14.8 Å². The SMILES string of the molecule is Cc1cc(Br)c2oc(C(=O)NC(C)CC(=O)O)cc2c1. The predicted octanol–water partition coefficient (Wildman–Crippen LogP) is 3.10. The number of halogens is 1. The molecule has 5 nitrogen and oxygen atoms in total. The van der Waals surface area contributed by atoms with Crippen LogP contribution in [0.5, 0.6) is 0 Å². The van der Waals surface area contributed by atoms with Crippen molar-refractivity contribution in [1.29, 1.82) is 0 Å². The number of hydrogen-bond acceptors (Lipinski definition) is 3. The Bertz CT molecular complexity index is 677. The van der Waals surface area contributed by atoms with Crippen molar-refractivity contribution in [1.82, 2.24) is 5.32 Å². The number of carboxylic acid groups (broad SMARTS) is 1. The van der Waals surface area contributed by atoms with Gasteiger partial charge in [0.2, 0.25) is 0 Å². The lowest BCUT2D eigenvalue weighted by Gasteiger charge is -2.09. The Morgan fingerprint density at radius 2 is 2.10 bits per heavy atom. The zero-order valence-corrected chi connectivity index (χ0v) is 12.7. The van der Waals surface area contributed by atoms with E-state index in [1.165, 1.54) is 0 Å². The van der Waals surface area contributed by atoms with E-state index in [1.54, 1.807) is 13.0 Å². The van der Waals surface area contributed by atoms with Crippen LogP contribution in [-0.4, -0.2) is 23.0 Å². The van der Waals surface area contributed by atoms with Gasteiger partial charge in [0.25, 0.3) is 5.91 Å². The van der Waals surface area contributed by atoms with Gasteiger partial charge in [-0.15, -0.1) is 0 Å². The van der Waals surface area contributed by atoms with Gasteiger partial charge >= 0.3 is 5.97 Å². The Labute approximate surface area is 124 Å². The lowest BCUT2D eigenvalue weighted by atomic mass is 10.2. The van der Waals surface area contributed by atoms with Gasteiger partial charge in [0.15, 0.2) is 5.76 Å². The average Bonchev–Trinajstić information content (AvgIpc) is 2.71. The molecule has 0 aliphatic carbocycles. The lowest BCUT2D eigenvalue weighted by molar-refractivity contribution is -0.137. The summed E-state index contributed by atoms with van der Waals surface area (Å²) in [7, 11) is 0. The minimum Gasteiger partial charge on any atom is -0.481 e. The minimum absolute atomic E-state index is 0.130. The van der Waals surface area contributed by atoms with Crippen LogP contribution in [-0.2, 0) is 4.79 Å². The molecule has 6 heteroatoms. The van der Waals surface area contributed by atoms with Crippen molar-refractivity contribution in [3.63, 3.8) is 0 Å². The largest absolute Gasteiger partial charge is 0.481 e. The number of amides is 1. The molecule has 2 aromatic rings. The molecular weight excluding hydrogens is 326 g/mol. The molecular formula is C14H14BrNO4. The normalized spacial score (nSPS) is 12.3. The van der Waals surface area contributed by atoms with Gasteiger partial charge in [0, 0.05) is 11.4 Å². The number of carbonyl (C=O) groups is 2. The third-order valence-corrected chi connectivity index (χ3v) is 3.39. The number of rotatable bonds is 4. The fourth-order valence-electron chi connectivity index (χ4n) is 1.97. The number of benzene rings is 1. The number of aliphatic carboxylic acids is 1. The maximum atomic E-state index is 12.0. The zero-order valence-electron chi connectivity index (χ0n) is 11.1. The smallest absolute Gasteiger partial charge is 0.305 e. The quantitative estimate of drug-likeness (QED) is 0.896. The van der Waals surface area contributed by atoms with Crippen molar-refractivity contribution in [2.75, 3.05) is 0 Å². The van der Waals surface area contributed by atoms with E-state index in [9.17, 15) is 9.59 Å². The van der Waals surface area contributed by atoms with E-state index in [2.05, 4.69) is 21.2 Å².